The maximum Gasteiger partial charge on any atom is 0.137 e. The second-order valence-electron chi connectivity index (χ2n) is 4.47. The molecular formula is C14H15BrFN3. The molecule has 100 valence electrons. The zero-order chi connectivity index (χ0) is 13.8. The van der Waals surface area contributed by atoms with Crippen molar-refractivity contribution in [3.05, 3.63) is 63.6 Å². The molecular weight excluding hydrogens is 309 g/mol. The predicted molar refractivity (Wildman–Crippen MR) is 76.8 cm³/mol. The van der Waals surface area contributed by atoms with Gasteiger partial charge in [0.25, 0.3) is 0 Å². The molecule has 0 saturated carbocycles. The number of nitrogens with zero attached hydrogens (tertiary/aromatic N) is 1. The lowest BCUT2D eigenvalue weighted by molar-refractivity contribution is 0.548. The Balaban J connectivity index is 2.21. The van der Waals surface area contributed by atoms with Gasteiger partial charge in [0.05, 0.1) is 10.5 Å². The smallest absolute Gasteiger partial charge is 0.137 e. The molecule has 1 unspecified atom stereocenters. The monoisotopic (exact) mass is 323 g/mol. The third-order valence-corrected chi connectivity index (χ3v) is 3.53. The van der Waals surface area contributed by atoms with E-state index in [1.54, 1.807) is 24.5 Å². The zero-order valence-electron chi connectivity index (χ0n) is 10.5. The van der Waals surface area contributed by atoms with Gasteiger partial charge in [-0.2, -0.15) is 0 Å². The van der Waals surface area contributed by atoms with Gasteiger partial charge in [0.1, 0.15) is 5.82 Å². The van der Waals surface area contributed by atoms with Crippen LogP contribution in [0, 0.1) is 12.7 Å². The van der Waals surface area contributed by atoms with Crippen molar-refractivity contribution in [3.8, 4) is 0 Å². The zero-order valence-corrected chi connectivity index (χ0v) is 12.1. The fraction of sp³-hybridized carbons (Fsp3) is 0.214. The molecule has 1 atom stereocenters. The molecule has 1 heterocycles. The number of rotatable bonds is 4. The van der Waals surface area contributed by atoms with Crippen molar-refractivity contribution in [2.24, 2.45) is 5.84 Å². The highest BCUT2D eigenvalue weighted by Gasteiger charge is 2.12. The Morgan fingerprint density at radius 1 is 1.37 bits per heavy atom. The average molecular weight is 324 g/mol. The van der Waals surface area contributed by atoms with Gasteiger partial charge in [-0.15, -0.1) is 0 Å². The molecule has 0 radical (unpaired) electrons. The van der Waals surface area contributed by atoms with E-state index in [4.69, 9.17) is 5.84 Å². The molecule has 0 fully saturated rings. The summed E-state index contributed by atoms with van der Waals surface area (Å²) in [7, 11) is 0. The maximum absolute atomic E-state index is 13.2. The number of hydrogen-bond acceptors (Lipinski definition) is 3. The van der Waals surface area contributed by atoms with Gasteiger partial charge >= 0.3 is 0 Å². The summed E-state index contributed by atoms with van der Waals surface area (Å²) in [4.78, 5) is 4.16. The Kier molecular flexibility index (Phi) is 4.63. The number of aromatic nitrogens is 1. The first-order valence-electron chi connectivity index (χ1n) is 5.91. The van der Waals surface area contributed by atoms with Crippen LogP contribution >= 0.6 is 15.9 Å². The standard InChI is InChI=1S/C14H15BrFN3/c1-9-4-11(8-18-7-9)14(19-17)6-10-2-3-13(16)12(15)5-10/h2-5,7-8,14,19H,6,17H2,1H3. The van der Waals surface area contributed by atoms with Gasteiger partial charge in [-0.1, -0.05) is 12.1 Å². The van der Waals surface area contributed by atoms with Crippen LogP contribution in [0.15, 0.2) is 41.1 Å². The molecule has 0 amide bonds. The molecule has 3 N–H and O–H groups in total. The number of nitrogens with one attached hydrogen (secondary N) is 1. The number of hydrazine groups is 1. The number of pyridine rings is 1. The first kappa shape index (κ1) is 14.1. The van der Waals surface area contributed by atoms with Crippen LogP contribution in [-0.2, 0) is 6.42 Å². The van der Waals surface area contributed by atoms with E-state index in [1.165, 1.54) is 6.07 Å². The predicted octanol–water partition coefficient (Wildman–Crippen LogP) is 3.04. The van der Waals surface area contributed by atoms with E-state index in [0.717, 1.165) is 16.7 Å². The van der Waals surface area contributed by atoms with Gasteiger partial charge in [0, 0.05) is 12.4 Å². The highest BCUT2D eigenvalue weighted by Crippen LogP contribution is 2.22. The van der Waals surface area contributed by atoms with E-state index in [0.29, 0.717) is 10.9 Å². The van der Waals surface area contributed by atoms with Gasteiger partial charge in [0.2, 0.25) is 0 Å². The molecule has 2 aromatic rings. The van der Waals surface area contributed by atoms with Crippen molar-refractivity contribution in [1.82, 2.24) is 10.4 Å². The number of nitrogens with two attached hydrogens (primary N) is 1. The van der Waals surface area contributed by atoms with Crippen molar-refractivity contribution in [3.63, 3.8) is 0 Å². The minimum Gasteiger partial charge on any atom is -0.271 e. The highest BCUT2D eigenvalue weighted by atomic mass is 79.9. The van der Waals surface area contributed by atoms with Gasteiger partial charge < -0.3 is 0 Å². The van der Waals surface area contributed by atoms with Crippen molar-refractivity contribution in [2.75, 3.05) is 0 Å². The van der Waals surface area contributed by atoms with Crippen LogP contribution in [-0.4, -0.2) is 4.98 Å². The fourth-order valence-electron chi connectivity index (χ4n) is 1.94. The second kappa shape index (κ2) is 6.23. The molecule has 1 aromatic carbocycles. The van der Waals surface area contributed by atoms with Crippen LogP contribution in [0.25, 0.3) is 0 Å². The lowest BCUT2D eigenvalue weighted by Gasteiger charge is -2.16. The van der Waals surface area contributed by atoms with E-state index >= 15 is 0 Å². The minimum absolute atomic E-state index is 0.0511. The SMILES string of the molecule is Cc1cncc(C(Cc2ccc(F)c(Br)c2)NN)c1. The number of benzene rings is 1. The van der Waals surface area contributed by atoms with Crippen LogP contribution in [0.5, 0.6) is 0 Å². The molecule has 0 saturated heterocycles. The minimum atomic E-state index is -0.266. The maximum atomic E-state index is 13.2. The van der Waals surface area contributed by atoms with Gasteiger partial charge in [0.15, 0.2) is 0 Å². The summed E-state index contributed by atoms with van der Waals surface area (Å²) in [6.07, 6.45) is 4.25. The van der Waals surface area contributed by atoms with Crippen molar-refractivity contribution < 1.29 is 4.39 Å². The number of hydrogen-bond donors (Lipinski definition) is 2. The quantitative estimate of drug-likeness (QED) is 0.671. The summed E-state index contributed by atoms with van der Waals surface area (Å²) in [6.45, 7) is 1.98. The van der Waals surface area contributed by atoms with E-state index in [1.807, 2.05) is 13.0 Å². The van der Waals surface area contributed by atoms with E-state index in [-0.39, 0.29) is 11.9 Å². The van der Waals surface area contributed by atoms with Gasteiger partial charge in [-0.3, -0.25) is 16.3 Å². The van der Waals surface area contributed by atoms with Crippen LogP contribution in [0.2, 0.25) is 0 Å². The summed E-state index contributed by atoms with van der Waals surface area (Å²) in [5.41, 5.74) is 5.88. The molecule has 0 spiro atoms. The first-order chi connectivity index (χ1) is 9.10. The third-order valence-electron chi connectivity index (χ3n) is 2.92. The molecule has 1 aromatic heterocycles. The lowest BCUT2D eigenvalue weighted by atomic mass is 10.00. The Morgan fingerprint density at radius 2 is 2.16 bits per heavy atom. The first-order valence-corrected chi connectivity index (χ1v) is 6.71. The largest absolute Gasteiger partial charge is 0.271 e. The summed E-state index contributed by atoms with van der Waals surface area (Å²) < 4.78 is 13.7. The van der Waals surface area contributed by atoms with Crippen LogP contribution in [0.3, 0.4) is 0 Å². The summed E-state index contributed by atoms with van der Waals surface area (Å²) in [6, 6.07) is 6.96. The summed E-state index contributed by atoms with van der Waals surface area (Å²) in [5, 5.41) is 0. The van der Waals surface area contributed by atoms with Crippen molar-refractivity contribution in [2.45, 2.75) is 19.4 Å². The highest BCUT2D eigenvalue weighted by molar-refractivity contribution is 9.10. The molecule has 5 heteroatoms. The number of aryl methyl sites for hydroxylation is 1. The van der Waals surface area contributed by atoms with Crippen molar-refractivity contribution in [1.29, 1.82) is 0 Å². The Labute approximate surface area is 120 Å². The van der Waals surface area contributed by atoms with E-state index in [2.05, 4.69) is 26.3 Å². The molecule has 2 rings (SSSR count). The Morgan fingerprint density at radius 3 is 2.79 bits per heavy atom. The molecule has 0 aliphatic rings. The topological polar surface area (TPSA) is 50.9 Å². The fourth-order valence-corrected chi connectivity index (χ4v) is 2.37. The Bertz CT molecular complexity index is 574. The van der Waals surface area contributed by atoms with E-state index in [9.17, 15) is 4.39 Å². The lowest BCUT2D eigenvalue weighted by Crippen LogP contribution is -2.29. The van der Waals surface area contributed by atoms with Crippen LogP contribution in [0.4, 0.5) is 4.39 Å². The molecule has 0 bridgehead atoms. The molecule has 3 nitrogen and oxygen atoms in total. The molecule has 19 heavy (non-hydrogen) atoms. The summed E-state index contributed by atoms with van der Waals surface area (Å²) in [5.74, 6) is 5.34. The van der Waals surface area contributed by atoms with Gasteiger partial charge in [-0.25, -0.2) is 4.39 Å². The van der Waals surface area contributed by atoms with Crippen LogP contribution < -0.4 is 11.3 Å². The third kappa shape index (κ3) is 3.59. The Hall–Kier alpha value is -1.30. The number of halogens is 2. The van der Waals surface area contributed by atoms with Gasteiger partial charge in [-0.05, 0) is 58.1 Å². The second-order valence-corrected chi connectivity index (χ2v) is 5.32. The van der Waals surface area contributed by atoms with Crippen molar-refractivity contribution >= 4 is 15.9 Å². The van der Waals surface area contributed by atoms with E-state index < -0.39 is 0 Å². The molecule has 0 aliphatic heterocycles. The summed E-state index contributed by atoms with van der Waals surface area (Å²) >= 11 is 3.19. The van der Waals surface area contributed by atoms with Crippen LogP contribution in [0.1, 0.15) is 22.7 Å². The normalized spacial score (nSPS) is 12.4. The average Bonchev–Trinajstić information content (AvgIpc) is 2.40. The molecule has 0 aliphatic carbocycles.